The summed E-state index contributed by atoms with van der Waals surface area (Å²) >= 11 is 6.49. The van der Waals surface area contributed by atoms with Crippen molar-refractivity contribution in [3.05, 3.63) is 112 Å². The maximum absolute atomic E-state index is 14.4. The summed E-state index contributed by atoms with van der Waals surface area (Å²) in [5.41, 5.74) is 19.0. The number of nitrogens with zero attached hydrogens (tertiary/aromatic N) is 5. The fourth-order valence-electron chi connectivity index (χ4n) is 4.51. The van der Waals surface area contributed by atoms with Crippen molar-refractivity contribution in [3.8, 4) is 0 Å². The lowest BCUT2D eigenvalue weighted by Gasteiger charge is -2.25. The number of methoxy groups -OCH3 is 1. The fourth-order valence-corrected chi connectivity index (χ4v) is 4.75. The van der Waals surface area contributed by atoms with Gasteiger partial charge in [-0.2, -0.15) is 5.10 Å². The number of benzene rings is 2. The minimum atomic E-state index is -0.924. The average Bonchev–Trinajstić information content (AvgIpc) is 3.34. The average molecular weight is 667 g/mol. The van der Waals surface area contributed by atoms with Crippen molar-refractivity contribution in [2.45, 2.75) is 39.3 Å². The first-order valence-electron chi connectivity index (χ1n) is 14.0. The van der Waals surface area contributed by atoms with Gasteiger partial charge in [0.1, 0.15) is 40.1 Å². The topological polar surface area (TPSA) is 177 Å². The zero-order valence-corrected chi connectivity index (χ0v) is 26.8. The van der Waals surface area contributed by atoms with Gasteiger partial charge in [-0.15, -0.1) is 0 Å². The molecule has 246 valence electrons. The van der Waals surface area contributed by atoms with Gasteiger partial charge in [0.25, 0.3) is 0 Å². The van der Waals surface area contributed by atoms with E-state index in [2.05, 4.69) is 21.7 Å². The van der Waals surface area contributed by atoms with Crippen LogP contribution in [0.5, 0.6) is 0 Å². The number of aliphatic imine (C=N–C) groups is 1. The highest BCUT2D eigenvalue weighted by atomic mass is 35.5. The largest absolute Gasteiger partial charge is 0.456 e. The summed E-state index contributed by atoms with van der Waals surface area (Å²) in [6, 6.07) is 11.7. The molecular weight excluding hydrogens is 634 g/mol. The molecule has 2 aromatic carbocycles. The summed E-state index contributed by atoms with van der Waals surface area (Å²) in [5, 5.41) is 4.59. The van der Waals surface area contributed by atoms with Gasteiger partial charge in [-0.1, -0.05) is 42.4 Å². The molecule has 12 nitrogen and oxygen atoms in total. The Bertz CT molecular complexity index is 1930. The Labute approximate surface area is 274 Å². The van der Waals surface area contributed by atoms with Crippen molar-refractivity contribution in [1.82, 2.24) is 19.7 Å². The highest BCUT2D eigenvalue weighted by molar-refractivity contribution is 6.31. The lowest BCUT2D eigenvalue weighted by Crippen LogP contribution is -2.40. The normalized spacial score (nSPS) is 11.7. The van der Waals surface area contributed by atoms with E-state index in [0.717, 1.165) is 24.3 Å². The molecule has 0 aliphatic heterocycles. The number of esters is 1. The van der Waals surface area contributed by atoms with Gasteiger partial charge in [0.15, 0.2) is 5.84 Å². The Morgan fingerprint density at radius 1 is 1.09 bits per heavy atom. The predicted octanol–water partition coefficient (Wildman–Crippen LogP) is 5.05. The van der Waals surface area contributed by atoms with E-state index in [0.29, 0.717) is 16.8 Å². The van der Waals surface area contributed by atoms with Crippen LogP contribution in [0.3, 0.4) is 0 Å². The fraction of sp³-hybridized carbons (Fsp3) is 0.219. The lowest BCUT2D eigenvalue weighted by atomic mass is 10.1. The van der Waals surface area contributed by atoms with E-state index in [1.165, 1.54) is 28.9 Å². The zero-order chi connectivity index (χ0) is 34.6. The number of hydrogen-bond donors (Lipinski definition) is 3. The quantitative estimate of drug-likeness (QED) is 0.125. The second kappa shape index (κ2) is 13.9. The maximum Gasteiger partial charge on any atom is 0.414 e. The molecule has 0 spiro atoms. The molecule has 0 aliphatic carbocycles. The Balaban J connectivity index is 1.70. The molecule has 15 heteroatoms. The summed E-state index contributed by atoms with van der Waals surface area (Å²) in [5.74, 6) is -2.64. The Kier molecular flexibility index (Phi) is 10.1. The van der Waals surface area contributed by atoms with Crippen LogP contribution in [0.4, 0.5) is 13.6 Å². The highest BCUT2D eigenvalue weighted by Gasteiger charge is 2.27. The molecule has 0 fully saturated rings. The van der Waals surface area contributed by atoms with Gasteiger partial charge < -0.3 is 26.7 Å². The second-order valence-corrected chi connectivity index (χ2v) is 11.6. The zero-order valence-electron chi connectivity index (χ0n) is 26.1. The Hall–Kier alpha value is -5.50. The number of carbonyl (C=O) groups is 2. The molecule has 0 atom stereocenters. The first-order valence-corrected chi connectivity index (χ1v) is 14.4. The van der Waals surface area contributed by atoms with E-state index < -0.39 is 35.1 Å². The number of rotatable bonds is 9. The summed E-state index contributed by atoms with van der Waals surface area (Å²) in [7, 11) is 1.13. The minimum absolute atomic E-state index is 0.0335. The first kappa shape index (κ1) is 34.4. The van der Waals surface area contributed by atoms with Crippen LogP contribution < -0.4 is 17.2 Å². The van der Waals surface area contributed by atoms with Crippen LogP contribution in [0.1, 0.15) is 48.0 Å². The SMILES string of the molecule is C=C(N=C(N)C(=C(N)N)N(Cc1ccc(C(=O)OC(C)(C)C)cc1Cl)C(=O)OC)n1nc(Cc2ccccc2F)c2ncc(F)cc21. The molecule has 0 aliphatic rings. The van der Waals surface area contributed by atoms with Crippen molar-refractivity contribution >= 4 is 46.4 Å². The highest BCUT2D eigenvalue weighted by Crippen LogP contribution is 2.26. The van der Waals surface area contributed by atoms with E-state index in [1.54, 1.807) is 39.0 Å². The second-order valence-electron chi connectivity index (χ2n) is 11.2. The molecule has 0 radical (unpaired) electrons. The van der Waals surface area contributed by atoms with Crippen molar-refractivity contribution in [3.63, 3.8) is 0 Å². The molecule has 0 saturated heterocycles. The number of pyridine rings is 1. The molecule has 4 rings (SSSR count). The van der Waals surface area contributed by atoms with E-state index in [9.17, 15) is 18.4 Å². The summed E-state index contributed by atoms with van der Waals surface area (Å²) in [6.45, 7) is 8.84. The third kappa shape index (κ3) is 8.02. The van der Waals surface area contributed by atoms with Crippen LogP contribution in [-0.2, 0) is 22.4 Å². The monoisotopic (exact) mass is 666 g/mol. The third-order valence-electron chi connectivity index (χ3n) is 6.56. The number of halogens is 3. The molecule has 4 aromatic rings. The number of aromatic nitrogens is 3. The molecular formula is C32H33ClF2N8O4. The van der Waals surface area contributed by atoms with Gasteiger partial charge in [-0.05, 0) is 50.1 Å². The van der Waals surface area contributed by atoms with Crippen LogP contribution in [-0.4, -0.2) is 50.3 Å². The van der Waals surface area contributed by atoms with Crippen molar-refractivity contribution in [1.29, 1.82) is 0 Å². The first-order chi connectivity index (χ1) is 22.1. The number of ether oxygens (including phenoxy) is 2. The van der Waals surface area contributed by atoms with Crippen LogP contribution in [0.2, 0.25) is 5.02 Å². The number of amidine groups is 1. The van der Waals surface area contributed by atoms with Gasteiger partial charge in [0.2, 0.25) is 0 Å². The molecule has 6 N–H and O–H groups in total. The molecule has 0 unspecified atom stereocenters. The van der Waals surface area contributed by atoms with E-state index in [1.807, 2.05) is 0 Å². The maximum atomic E-state index is 14.4. The Morgan fingerprint density at radius 3 is 2.40 bits per heavy atom. The number of hydrogen-bond acceptors (Lipinski definition) is 9. The molecule has 0 bridgehead atoms. The predicted molar refractivity (Wildman–Crippen MR) is 174 cm³/mol. The number of fused-ring (bicyclic) bond motifs is 1. The van der Waals surface area contributed by atoms with Crippen LogP contribution >= 0.6 is 11.6 Å². The standard InChI is InChI=1S/C32H33ClF2N8O4/c1-17(43-25-14-21(34)15-39-26(25)24(41-43)13-18-8-6-7-9-23(18)35)40-29(38)27(28(36)37)42(31(45)46-5)16-20-11-10-19(12-22(20)33)30(44)47-32(2,3)4/h6-12,14-15H,1,13,16,36-37H2,2-5H3,(H2,38,40). The minimum Gasteiger partial charge on any atom is -0.456 e. The number of amides is 1. The lowest BCUT2D eigenvalue weighted by molar-refractivity contribution is 0.00693. The van der Waals surface area contributed by atoms with Gasteiger partial charge in [0.05, 0.1) is 36.6 Å². The van der Waals surface area contributed by atoms with E-state index >= 15 is 0 Å². The van der Waals surface area contributed by atoms with E-state index in [-0.39, 0.29) is 51.9 Å². The van der Waals surface area contributed by atoms with Gasteiger partial charge in [0, 0.05) is 17.5 Å². The molecule has 2 heterocycles. The van der Waals surface area contributed by atoms with Crippen LogP contribution in [0, 0.1) is 11.6 Å². The van der Waals surface area contributed by atoms with E-state index in [4.69, 9.17) is 38.3 Å². The molecule has 47 heavy (non-hydrogen) atoms. The van der Waals surface area contributed by atoms with Crippen molar-refractivity contribution < 1.29 is 27.8 Å². The van der Waals surface area contributed by atoms with Crippen LogP contribution in [0.25, 0.3) is 16.9 Å². The van der Waals surface area contributed by atoms with Gasteiger partial charge >= 0.3 is 12.1 Å². The summed E-state index contributed by atoms with van der Waals surface area (Å²) in [6.07, 6.45) is 0.119. The van der Waals surface area contributed by atoms with Crippen molar-refractivity contribution in [2.24, 2.45) is 22.2 Å². The third-order valence-corrected chi connectivity index (χ3v) is 6.92. The molecule has 1 amide bonds. The molecule has 0 saturated carbocycles. The summed E-state index contributed by atoms with van der Waals surface area (Å²) in [4.78, 5) is 34.9. The number of carbonyl (C=O) groups excluding carboxylic acids is 2. The number of nitrogens with two attached hydrogens (primary N) is 3. The van der Waals surface area contributed by atoms with Crippen molar-refractivity contribution in [2.75, 3.05) is 7.11 Å². The summed E-state index contributed by atoms with van der Waals surface area (Å²) < 4.78 is 40.2. The smallest absolute Gasteiger partial charge is 0.414 e. The van der Waals surface area contributed by atoms with Crippen LogP contribution in [0.15, 0.2) is 77.8 Å². The van der Waals surface area contributed by atoms with Gasteiger partial charge in [-0.3, -0.25) is 4.90 Å². The Morgan fingerprint density at radius 2 is 1.79 bits per heavy atom. The molecule has 2 aromatic heterocycles. The van der Waals surface area contributed by atoms with Gasteiger partial charge in [-0.25, -0.2) is 33.0 Å².